The van der Waals surface area contributed by atoms with E-state index < -0.39 is 36.0 Å². The maximum absolute atomic E-state index is 15.3. The van der Waals surface area contributed by atoms with Crippen molar-refractivity contribution in [3.63, 3.8) is 0 Å². The first kappa shape index (κ1) is 35.7. The Balaban J connectivity index is 1.03. The lowest BCUT2D eigenvalue weighted by atomic mass is 9.85. The van der Waals surface area contributed by atoms with Crippen molar-refractivity contribution in [3.05, 3.63) is 159 Å². The van der Waals surface area contributed by atoms with Crippen LogP contribution in [0.25, 0.3) is 56.3 Å². The smallest absolute Gasteiger partial charge is 0.333 e. The molecule has 1 unspecified atom stereocenters. The molecule has 18 nitrogen and oxygen atoms in total. The number of fused-ring (bicyclic) bond motifs is 6. The van der Waals surface area contributed by atoms with Crippen LogP contribution >= 0.6 is 0 Å². The molecule has 0 bridgehead atoms. The van der Waals surface area contributed by atoms with Gasteiger partial charge in [-0.25, -0.2) is 29.5 Å². The average Bonchev–Trinajstić information content (AvgIpc) is 4.07. The number of nitrogens with two attached hydrogens (primary N) is 1. The monoisotopic (exact) mass is 823 g/mol. The van der Waals surface area contributed by atoms with Gasteiger partial charge in [0.1, 0.15) is 29.4 Å². The molecule has 1 aliphatic heterocycles. The third kappa shape index (κ3) is 5.29. The number of aliphatic hydroxyl groups excluding tert-OH is 1. The predicted molar refractivity (Wildman–Crippen MR) is 225 cm³/mol. The third-order valence-electron chi connectivity index (χ3n) is 12.1. The number of primary amides is 1. The molecule has 10 aromatic rings. The molecule has 18 heteroatoms. The van der Waals surface area contributed by atoms with E-state index >= 15 is 4.79 Å². The van der Waals surface area contributed by atoms with E-state index in [4.69, 9.17) is 25.4 Å². The van der Waals surface area contributed by atoms with Gasteiger partial charge in [0.05, 0.1) is 52.6 Å². The highest BCUT2D eigenvalue weighted by molar-refractivity contribution is 5.96. The van der Waals surface area contributed by atoms with Crippen molar-refractivity contribution in [1.82, 2.24) is 57.7 Å². The molecule has 2 aliphatic rings. The van der Waals surface area contributed by atoms with Gasteiger partial charge in [-0.2, -0.15) is 9.97 Å². The number of carbonyl (C=O) groups is 1. The first-order valence-electron chi connectivity index (χ1n) is 20.0. The molecule has 0 saturated carbocycles. The van der Waals surface area contributed by atoms with Crippen molar-refractivity contribution in [2.75, 3.05) is 0 Å². The number of aliphatic hydroxyl groups is 1. The van der Waals surface area contributed by atoms with Gasteiger partial charge >= 0.3 is 11.4 Å². The van der Waals surface area contributed by atoms with Gasteiger partial charge in [0.15, 0.2) is 17.5 Å². The van der Waals surface area contributed by atoms with Gasteiger partial charge < -0.3 is 20.6 Å². The number of ether oxygens (including phenoxy) is 1. The minimum Gasteiger partial charge on any atom is -0.470 e. The maximum atomic E-state index is 15.3. The zero-order valence-electron chi connectivity index (χ0n) is 32.5. The Labute approximate surface area is 348 Å². The fourth-order valence-corrected chi connectivity index (χ4v) is 9.23. The number of hydrogen-bond donors (Lipinski definition) is 3. The number of benzene rings is 4. The van der Waals surface area contributed by atoms with Crippen molar-refractivity contribution in [2.45, 2.75) is 43.7 Å². The Kier molecular flexibility index (Phi) is 7.70. The topological polar surface area (TPSA) is 224 Å². The molecule has 7 heterocycles. The zero-order valence-corrected chi connectivity index (χ0v) is 32.5. The summed E-state index contributed by atoms with van der Waals surface area (Å²) in [5, 5.41) is 11.0. The van der Waals surface area contributed by atoms with Gasteiger partial charge in [0.25, 0.3) is 0 Å². The SMILES string of the molecule is NC(=O)c1ccc2ncn(-c3ncc4[nH]c(=O)n([C@@H]5CC(n6c(=O)n([C@@H]7CC[C@H](O)c8ccccc87)c7nc(-n8cnc9ccccc98)ncc76)Oc6ccccc65)c4n3)c2c1. The number of aromatic nitrogens is 12. The first-order valence-corrected chi connectivity index (χ1v) is 20.0. The Morgan fingerprint density at radius 2 is 1.39 bits per heavy atom. The molecule has 0 saturated heterocycles. The Morgan fingerprint density at radius 3 is 2.21 bits per heavy atom. The molecular formula is C44H33N13O5. The number of para-hydroxylation sites is 3. The molecular weight excluding hydrogens is 791 g/mol. The molecule has 12 rings (SSSR count). The second-order valence-corrected chi connectivity index (χ2v) is 15.5. The molecule has 6 aromatic heterocycles. The van der Waals surface area contributed by atoms with Crippen LogP contribution in [0.3, 0.4) is 0 Å². The highest BCUT2D eigenvalue weighted by atomic mass is 16.5. The average molecular weight is 824 g/mol. The summed E-state index contributed by atoms with van der Waals surface area (Å²) < 4.78 is 14.9. The maximum Gasteiger partial charge on any atom is 0.333 e. The number of imidazole rings is 4. The molecule has 62 heavy (non-hydrogen) atoms. The van der Waals surface area contributed by atoms with Gasteiger partial charge in [-0.05, 0) is 60.4 Å². The van der Waals surface area contributed by atoms with E-state index in [0.717, 1.165) is 22.2 Å². The standard InChI is InChI=1S/C44H33N13O5/c45-38(59)23-13-14-28-33(17-23)54(22-49-28)41-46-19-29-39(51-41)56(43(60)50-29)32-18-37(62-36-12-6-3-9-26(32)36)55-34-20-47-42(53-21-48-27-10-4-5-11-31(27)53)52-40(34)57(44(55)61)30-15-16-35(58)25-8-2-1-7-24(25)30/h1-14,17,19-22,30,32,35,37,58H,15-16,18H2,(H2,45,59)(H,50,60)/t30-,32-,35+,37?/m1/s1. The van der Waals surface area contributed by atoms with Crippen LogP contribution in [0.15, 0.2) is 126 Å². The minimum atomic E-state index is -0.943. The lowest BCUT2D eigenvalue weighted by Crippen LogP contribution is -2.37. The normalized spacial score (nSPS) is 18.6. The fourth-order valence-electron chi connectivity index (χ4n) is 9.23. The highest BCUT2D eigenvalue weighted by Gasteiger charge is 2.38. The van der Waals surface area contributed by atoms with E-state index in [1.54, 1.807) is 59.9 Å². The number of rotatable bonds is 6. The summed E-state index contributed by atoms with van der Waals surface area (Å²) in [6, 6.07) is 26.4. The third-order valence-corrected chi connectivity index (χ3v) is 12.1. The summed E-state index contributed by atoms with van der Waals surface area (Å²) in [5.74, 6) is 0.422. The summed E-state index contributed by atoms with van der Waals surface area (Å²) in [5.41, 5.74) is 11.6. The molecule has 0 spiro atoms. The second kappa shape index (κ2) is 13.4. The van der Waals surface area contributed by atoms with E-state index in [1.165, 1.54) is 6.20 Å². The summed E-state index contributed by atoms with van der Waals surface area (Å²) >= 11 is 0. The largest absolute Gasteiger partial charge is 0.470 e. The molecule has 0 fully saturated rings. The Morgan fingerprint density at radius 1 is 0.694 bits per heavy atom. The van der Waals surface area contributed by atoms with Crippen molar-refractivity contribution >= 4 is 50.3 Å². The Bertz CT molecular complexity index is 3600. The van der Waals surface area contributed by atoms with Crippen molar-refractivity contribution < 1.29 is 14.6 Å². The molecule has 1 amide bonds. The van der Waals surface area contributed by atoms with Crippen molar-refractivity contribution in [1.29, 1.82) is 0 Å². The van der Waals surface area contributed by atoms with E-state index in [-0.39, 0.29) is 18.1 Å². The highest BCUT2D eigenvalue weighted by Crippen LogP contribution is 2.43. The fraction of sp³-hybridized carbons (Fsp3) is 0.159. The van der Waals surface area contributed by atoms with E-state index in [1.807, 2.05) is 72.8 Å². The summed E-state index contributed by atoms with van der Waals surface area (Å²) in [6.45, 7) is 0. The van der Waals surface area contributed by atoms with E-state index in [9.17, 15) is 14.7 Å². The number of nitrogens with one attached hydrogen (secondary N) is 1. The van der Waals surface area contributed by atoms with E-state index in [2.05, 4.69) is 19.9 Å². The molecule has 0 radical (unpaired) electrons. The van der Waals surface area contributed by atoms with Crippen LogP contribution < -0.4 is 21.9 Å². The molecule has 1 aliphatic carbocycles. The number of nitrogens with zero attached hydrogens (tertiary/aromatic N) is 11. The molecule has 304 valence electrons. The van der Waals surface area contributed by atoms with Crippen LogP contribution in [0.4, 0.5) is 0 Å². The number of amides is 1. The van der Waals surface area contributed by atoms with Gasteiger partial charge in [0, 0.05) is 17.5 Å². The molecule has 4 atom stereocenters. The lowest BCUT2D eigenvalue weighted by Gasteiger charge is -2.33. The lowest BCUT2D eigenvalue weighted by molar-refractivity contribution is 0.0878. The minimum absolute atomic E-state index is 0.131. The van der Waals surface area contributed by atoms with Gasteiger partial charge in [-0.1, -0.05) is 54.6 Å². The quantitative estimate of drug-likeness (QED) is 0.207. The number of hydrogen-bond acceptors (Lipinski definition) is 11. The van der Waals surface area contributed by atoms with Crippen molar-refractivity contribution in [3.8, 4) is 17.6 Å². The first-order chi connectivity index (χ1) is 30.3. The van der Waals surface area contributed by atoms with E-state index in [0.29, 0.717) is 69.0 Å². The summed E-state index contributed by atoms with van der Waals surface area (Å²) in [4.78, 5) is 72.7. The van der Waals surface area contributed by atoms with Crippen LogP contribution in [0, 0.1) is 0 Å². The van der Waals surface area contributed by atoms with Crippen LogP contribution in [0.1, 0.15) is 70.7 Å². The number of H-pyrrole nitrogens is 1. The summed E-state index contributed by atoms with van der Waals surface area (Å²) in [6.07, 6.45) is 5.78. The summed E-state index contributed by atoms with van der Waals surface area (Å²) in [7, 11) is 0. The van der Waals surface area contributed by atoms with Crippen LogP contribution in [0.5, 0.6) is 5.75 Å². The van der Waals surface area contributed by atoms with Crippen LogP contribution in [-0.4, -0.2) is 68.7 Å². The second-order valence-electron chi connectivity index (χ2n) is 15.5. The van der Waals surface area contributed by atoms with Crippen molar-refractivity contribution in [2.24, 2.45) is 5.73 Å². The predicted octanol–water partition coefficient (Wildman–Crippen LogP) is 4.79. The van der Waals surface area contributed by atoms with Gasteiger partial charge in [-0.3, -0.25) is 27.6 Å². The zero-order chi connectivity index (χ0) is 41.8. The Hall–Kier alpha value is -8.25. The van der Waals surface area contributed by atoms with Crippen LogP contribution in [0.2, 0.25) is 0 Å². The van der Waals surface area contributed by atoms with Gasteiger partial charge in [-0.15, -0.1) is 0 Å². The number of carbonyl (C=O) groups excluding carboxylic acids is 1. The number of aromatic amines is 1. The van der Waals surface area contributed by atoms with Gasteiger partial charge in [0.2, 0.25) is 17.8 Å². The molecule has 4 aromatic carbocycles. The van der Waals surface area contributed by atoms with Crippen LogP contribution in [-0.2, 0) is 0 Å². The molecule has 4 N–H and O–H groups in total.